The molecular formula is C16H11ClN6. The number of halogens is 1. The number of para-hydroxylation sites is 1. The highest BCUT2D eigenvalue weighted by Gasteiger charge is 2.13. The van der Waals surface area contributed by atoms with Crippen molar-refractivity contribution in [3.05, 3.63) is 66.2 Å². The Labute approximate surface area is 136 Å². The highest BCUT2D eigenvalue weighted by Crippen LogP contribution is 2.27. The van der Waals surface area contributed by atoms with E-state index in [2.05, 4.69) is 25.4 Å². The summed E-state index contributed by atoms with van der Waals surface area (Å²) in [6.07, 6.45) is 3.33. The van der Waals surface area contributed by atoms with Crippen LogP contribution in [0, 0.1) is 0 Å². The van der Waals surface area contributed by atoms with Crippen molar-refractivity contribution in [3.8, 4) is 5.82 Å². The number of aromatic nitrogens is 5. The molecule has 0 aliphatic carbocycles. The molecule has 4 aromatic rings. The van der Waals surface area contributed by atoms with Gasteiger partial charge in [0, 0.05) is 23.8 Å². The monoisotopic (exact) mass is 322 g/mol. The minimum atomic E-state index is 0.182. The summed E-state index contributed by atoms with van der Waals surface area (Å²) in [5, 5.41) is 8.99. The highest BCUT2D eigenvalue weighted by molar-refractivity contribution is 6.28. The van der Waals surface area contributed by atoms with E-state index in [1.807, 2.05) is 42.5 Å². The largest absolute Gasteiger partial charge is 0.323 e. The summed E-state index contributed by atoms with van der Waals surface area (Å²) in [5.74, 6) is 2.04. The van der Waals surface area contributed by atoms with Gasteiger partial charge >= 0.3 is 0 Å². The van der Waals surface area contributed by atoms with Crippen LogP contribution in [0.1, 0.15) is 0 Å². The number of nitrogens with zero attached hydrogens (tertiary/aromatic N) is 5. The van der Waals surface area contributed by atoms with Gasteiger partial charge in [0.2, 0.25) is 5.28 Å². The van der Waals surface area contributed by atoms with Gasteiger partial charge in [-0.05, 0) is 35.9 Å². The van der Waals surface area contributed by atoms with Crippen molar-refractivity contribution in [2.45, 2.75) is 0 Å². The Morgan fingerprint density at radius 2 is 1.78 bits per heavy atom. The van der Waals surface area contributed by atoms with Gasteiger partial charge < -0.3 is 5.32 Å². The maximum absolute atomic E-state index is 5.89. The first-order valence-electron chi connectivity index (χ1n) is 6.96. The fraction of sp³-hybridized carbons (Fsp3) is 0. The number of pyridine rings is 1. The molecule has 0 unspecified atom stereocenters. The molecule has 0 atom stereocenters. The second kappa shape index (κ2) is 5.66. The molecule has 0 bridgehead atoms. The molecule has 112 valence electrons. The van der Waals surface area contributed by atoms with Gasteiger partial charge in [-0.1, -0.05) is 18.2 Å². The molecule has 0 amide bonds. The smallest absolute Gasteiger partial charge is 0.224 e. The van der Waals surface area contributed by atoms with Crippen LogP contribution in [0.4, 0.5) is 11.6 Å². The molecule has 3 aromatic heterocycles. The van der Waals surface area contributed by atoms with E-state index in [1.165, 1.54) is 0 Å². The van der Waals surface area contributed by atoms with Gasteiger partial charge in [0.05, 0.1) is 5.52 Å². The predicted molar refractivity (Wildman–Crippen MR) is 89.2 cm³/mol. The summed E-state index contributed by atoms with van der Waals surface area (Å²) in [6, 6.07) is 15.3. The molecule has 6 nitrogen and oxygen atoms in total. The normalized spacial score (nSPS) is 10.8. The summed E-state index contributed by atoms with van der Waals surface area (Å²) in [5.41, 5.74) is 0.917. The number of hydrogen-bond donors (Lipinski definition) is 1. The van der Waals surface area contributed by atoms with Gasteiger partial charge in [-0.15, -0.1) is 5.10 Å². The summed E-state index contributed by atoms with van der Waals surface area (Å²) in [7, 11) is 0. The van der Waals surface area contributed by atoms with Crippen molar-refractivity contribution in [1.29, 1.82) is 0 Å². The maximum Gasteiger partial charge on any atom is 0.224 e. The van der Waals surface area contributed by atoms with E-state index in [1.54, 1.807) is 23.1 Å². The average Bonchev–Trinajstić information content (AvgIpc) is 2.95. The van der Waals surface area contributed by atoms with Crippen LogP contribution in [0.25, 0.3) is 16.7 Å². The van der Waals surface area contributed by atoms with Crippen LogP contribution < -0.4 is 5.32 Å². The Balaban J connectivity index is 1.86. The molecule has 1 N–H and O–H groups in total. The summed E-state index contributed by atoms with van der Waals surface area (Å²) >= 11 is 5.89. The topological polar surface area (TPSA) is 68.5 Å². The van der Waals surface area contributed by atoms with Gasteiger partial charge in [-0.2, -0.15) is 4.98 Å². The first kappa shape index (κ1) is 13.7. The number of hydrogen-bond acceptors (Lipinski definition) is 5. The SMILES string of the molecule is Clc1nccc(-n2nc(Nc3ccccn3)c3ccccc32)n1. The molecular weight excluding hydrogens is 312 g/mol. The Hall–Kier alpha value is -2.99. The van der Waals surface area contributed by atoms with Gasteiger partial charge in [0.15, 0.2) is 11.6 Å². The van der Waals surface area contributed by atoms with Crippen molar-refractivity contribution >= 4 is 34.1 Å². The molecule has 1 aromatic carbocycles. The summed E-state index contributed by atoms with van der Waals surface area (Å²) in [4.78, 5) is 12.4. The second-order valence-corrected chi connectivity index (χ2v) is 5.14. The standard InChI is InChI=1S/C16H11ClN6/c17-16-19-10-8-14(21-16)23-12-6-2-1-5-11(12)15(22-23)20-13-7-3-4-9-18-13/h1-10H,(H,18,20,22). The molecule has 0 radical (unpaired) electrons. The first-order chi connectivity index (χ1) is 11.3. The minimum absolute atomic E-state index is 0.182. The van der Waals surface area contributed by atoms with Gasteiger partial charge in [0.25, 0.3) is 0 Å². The van der Waals surface area contributed by atoms with Gasteiger partial charge in [-0.25, -0.2) is 14.6 Å². The van der Waals surface area contributed by atoms with Crippen LogP contribution >= 0.6 is 11.6 Å². The summed E-state index contributed by atoms with van der Waals surface area (Å²) in [6.45, 7) is 0. The third-order valence-corrected chi connectivity index (χ3v) is 3.51. The number of rotatable bonds is 3. The zero-order chi connectivity index (χ0) is 15.6. The predicted octanol–water partition coefficient (Wildman–Crippen LogP) is 3.61. The summed E-state index contributed by atoms with van der Waals surface area (Å²) < 4.78 is 1.73. The number of fused-ring (bicyclic) bond motifs is 1. The van der Waals surface area contributed by atoms with Crippen molar-refractivity contribution in [3.63, 3.8) is 0 Å². The lowest BCUT2D eigenvalue weighted by atomic mass is 10.2. The zero-order valence-corrected chi connectivity index (χ0v) is 12.6. The minimum Gasteiger partial charge on any atom is -0.323 e. The lowest BCUT2D eigenvalue weighted by Crippen LogP contribution is -2.01. The Morgan fingerprint density at radius 3 is 2.61 bits per heavy atom. The van der Waals surface area contributed by atoms with E-state index in [9.17, 15) is 0 Å². The van der Waals surface area contributed by atoms with Crippen molar-refractivity contribution in [2.75, 3.05) is 5.32 Å². The fourth-order valence-electron chi connectivity index (χ4n) is 2.34. The quantitative estimate of drug-likeness (QED) is 0.584. The van der Waals surface area contributed by atoms with E-state index in [0.29, 0.717) is 11.6 Å². The number of nitrogens with one attached hydrogen (secondary N) is 1. The van der Waals surface area contributed by atoms with E-state index in [-0.39, 0.29) is 5.28 Å². The highest BCUT2D eigenvalue weighted by atomic mass is 35.5. The van der Waals surface area contributed by atoms with Crippen LogP contribution in [0.15, 0.2) is 60.9 Å². The Morgan fingerprint density at radius 1 is 0.913 bits per heavy atom. The van der Waals surface area contributed by atoms with Crippen molar-refractivity contribution in [1.82, 2.24) is 24.7 Å². The van der Waals surface area contributed by atoms with Crippen LogP contribution in [0.2, 0.25) is 5.28 Å². The molecule has 0 aliphatic heterocycles. The molecule has 0 fully saturated rings. The molecule has 0 saturated carbocycles. The molecule has 0 aliphatic rings. The third-order valence-electron chi connectivity index (χ3n) is 3.33. The first-order valence-corrected chi connectivity index (χ1v) is 7.34. The molecule has 23 heavy (non-hydrogen) atoms. The van der Waals surface area contributed by atoms with Gasteiger partial charge in [0.1, 0.15) is 5.82 Å². The Bertz CT molecular complexity index is 967. The fourth-order valence-corrected chi connectivity index (χ4v) is 2.48. The Kier molecular flexibility index (Phi) is 3.36. The van der Waals surface area contributed by atoms with E-state index in [0.717, 1.165) is 16.7 Å². The molecule has 4 rings (SSSR count). The molecule has 3 heterocycles. The molecule has 0 saturated heterocycles. The van der Waals surface area contributed by atoms with Gasteiger partial charge in [-0.3, -0.25) is 0 Å². The van der Waals surface area contributed by atoms with Crippen LogP contribution in [0.5, 0.6) is 0 Å². The number of benzene rings is 1. The van der Waals surface area contributed by atoms with E-state index in [4.69, 9.17) is 11.6 Å². The van der Waals surface area contributed by atoms with Crippen LogP contribution in [-0.4, -0.2) is 24.7 Å². The lowest BCUT2D eigenvalue weighted by Gasteiger charge is -2.02. The van der Waals surface area contributed by atoms with E-state index < -0.39 is 0 Å². The van der Waals surface area contributed by atoms with Crippen molar-refractivity contribution < 1.29 is 0 Å². The third kappa shape index (κ3) is 2.60. The zero-order valence-electron chi connectivity index (χ0n) is 11.9. The molecule has 7 heteroatoms. The van der Waals surface area contributed by atoms with Crippen LogP contribution in [-0.2, 0) is 0 Å². The molecule has 0 spiro atoms. The van der Waals surface area contributed by atoms with Crippen molar-refractivity contribution in [2.24, 2.45) is 0 Å². The van der Waals surface area contributed by atoms with Crippen LogP contribution in [0.3, 0.4) is 0 Å². The second-order valence-electron chi connectivity index (χ2n) is 4.80. The number of anilines is 2. The maximum atomic E-state index is 5.89. The average molecular weight is 323 g/mol. The lowest BCUT2D eigenvalue weighted by molar-refractivity contribution is 0.869. The van der Waals surface area contributed by atoms with E-state index >= 15 is 0 Å².